The number of amides is 1. The fourth-order valence-corrected chi connectivity index (χ4v) is 0.888. The minimum absolute atomic E-state index is 0.210. The molecule has 3 nitrogen and oxygen atoms in total. The molecule has 0 atom stereocenters. The van der Waals surface area contributed by atoms with Crippen LogP contribution in [0.3, 0.4) is 0 Å². The van der Waals surface area contributed by atoms with Crippen LogP contribution < -0.4 is 5.73 Å². The highest BCUT2D eigenvalue weighted by Gasteiger charge is 2.03. The Bertz CT molecular complexity index is 115. The number of rotatable bonds is 5. The summed E-state index contributed by atoms with van der Waals surface area (Å²) in [5, 5.41) is 0. The van der Waals surface area contributed by atoms with Gasteiger partial charge in [0.15, 0.2) is 0 Å². The standard InChI is InChI=1S/C8H18N2O/c1-3-8(11)10(2)7-5-4-6-9/h3-7,9H2,1-2H3. The first-order valence-electron chi connectivity index (χ1n) is 4.16. The Labute approximate surface area is 68.6 Å². The molecule has 0 bridgehead atoms. The summed E-state index contributed by atoms with van der Waals surface area (Å²) in [7, 11) is 1.84. The summed E-state index contributed by atoms with van der Waals surface area (Å²) in [5.41, 5.74) is 5.32. The van der Waals surface area contributed by atoms with E-state index in [-0.39, 0.29) is 5.91 Å². The molecule has 0 radical (unpaired) electrons. The van der Waals surface area contributed by atoms with Crippen molar-refractivity contribution in [3.05, 3.63) is 0 Å². The Balaban J connectivity index is 3.36. The van der Waals surface area contributed by atoms with Gasteiger partial charge in [-0.3, -0.25) is 4.79 Å². The molecular formula is C8H18N2O. The molecule has 0 fully saturated rings. The van der Waals surface area contributed by atoms with Crippen molar-refractivity contribution in [3.63, 3.8) is 0 Å². The van der Waals surface area contributed by atoms with Gasteiger partial charge in [0.25, 0.3) is 0 Å². The molecule has 0 spiro atoms. The first kappa shape index (κ1) is 10.4. The third-order valence-corrected chi connectivity index (χ3v) is 1.68. The summed E-state index contributed by atoms with van der Waals surface area (Å²) < 4.78 is 0. The highest BCUT2D eigenvalue weighted by atomic mass is 16.2. The molecule has 0 unspecified atom stereocenters. The summed E-state index contributed by atoms with van der Waals surface area (Å²) in [6.07, 6.45) is 2.61. The normalized spacial score (nSPS) is 9.73. The lowest BCUT2D eigenvalue weighted by Gasteiger charge is -2.15. The van der Waals surface area contributed by atoms with Crippen molar-refractivity contribution in [1.29, 1.82) is 0 Å². The van der Waals surface area contributed by atoms with E-state index in [2.05, 4.69) is 0 Å². The van der Waals surface area contributed by atoms with Gasteiger partial charge in [0.1, 0.15) is 0 Å². The predicted octanol–water partition coefficient (Wildman–Crippen LogP) is 0.594. The molecule has 0 aliphatic heterocycles. The first-order chi connectivity index (χ1) is 5.22. The summed E-state index contributed by atoms with van der Waals surface area (Å²) >= 11 is 0. The van der Waals surface area contributed by atoms with Crippen LogP contribution in [0.4, 0.5) is 0 Å². The van der Waals surface area contributed by atoms with Crippen LogP contribution in [0.25, 0.3) is 0 Å². The molecule has 3 heteroatoms. The van der Waals surface area contributed by atoms with E-state index in [1.807, 2.05) is 14.0 Å². The molecule has 0 saturated carbocycles. The molecule has 0 aromatic rings. The van der Waals surface area contributed by atoms with E-state index in [9.17, 15) is 4.79 Å². The zero-order chi connectivity index (χ0) is 8.69. The third kappa shape index (κ3) is 4.79. The van der Waals surface area contributed by atoms with Gasteiger partial charge >= 0.3 is 0 Å². The fraction of sp³-hybridized carbons (Fsp3) is 0.875. The smallest absolute Gasteiger partial charge is 0.222 e. The van der Waals surface area contributed by atoms with E-state index in [0.29, 0.717) is 13.0 Å². The van der Waals surface area contributed by atoms with Crippen molar-refractivity contribution in [2.75, 3.05) is 20.1 Å². The fourth-order valence-electron chi connectivity index (χ4n) is 0.888. The average molecular weight is 158 g/mol. The van der Waals surface area contributed by atoms with Crippen molar-refractivity contribution in [2.45, 2.75) is 26.2 Å². The van der Waals surface area contributed by atoms with Gasteiger partial charge in [-0.05, 0) is 19.4 Å². The van der Waals surface area contributed by atoms with Crippen LogP contribution in [-0.4, -0.2) is 30.9 Å². The Morgan fingerprint density at radius 1 is 1.45 bits per heavy atom. The molecule has 0 heterocycles. The van der Waals surface area contributed by atoms with E-state index in [1.165, 1.54) is 0 Å². The maximum Gasteiger partial charge on any atom is 0.222 e. The molecule has 1 amide bonds. The summed E-state index contributed by atoms with van der Waals surface area (Å²) in [6.45, 7) is 3.43. The Morgan fingerprint density at radius 2 is 2.09 bits per heavy atom. The Hall–Kier alpha value is -0.570. The molecule has 11 heavy (non-hydrogen) atoms. The van der Waals surface area contributed by atoms with Gasteiger partial charge in [-0.2, -0.15) is 0 Å². The van der Waals surface area contributed by atoms with Gasteiger partial charge in [-0.1, -0.05) is 6.92 Å². The number of hydrogen-bond acceptors (Lipinski definition) is 2. The van der Waals surface area contributed by atoms with Crippen molar-refractivity contribution < 1.29 is 4.79 Å². The van der Waals surface area contributed by atoms with Crippen LogP contribution in [0.2, 0.25) is 0 Å². The third-order valence-electron chi connectivity index (χ3n) is 1.68. The van der Waals surface area contributed by atoms with Gasteiger partial charge in [0.2, 0.25) is 5.91 Å². The quantitative estimate of drug-likeness (QED) is 0.595. The lowest BCUT2D eigenvalue weighted by atomic mass is 10.3. The lowest BCUT2D eigenvalue weighted by molar-refractivity contribution is -0.129. The number of nitrogens with zero attached hydrogens (tertiary/aromatic N) is 1. The topological polar surface area (TPSA) is 46.3 Å². The highest BCUT2D eigenvalue weighted by molar-refractivity contribution is 5.75. The monoisotopic (exact) mass is 158 g/mol. The van der Waals surface area contributed by atoms with Crippen molar-refractivity contribution in [3.8, 4) is 0 Å². The zero-order valence-corrected chi connectivity index (χ0v) is 7.47. The molecule has 0 aromatic carbocycles. The van der Waals surface area contributed by atoms with Gasteiger partial charge in [-0.25, -0.2) is 0 Å². The molecule has 0 aliphatic rings. The van der Waals surface area contributed by atoms with Crippen LogP contribution in [0, 0.1) is 0 Å². The average Bonchev–Trinajstić information content (AvgIpc) is 2.03. The SMILES string of the molecule is CCC(=O)N(C)CCCCN. The maximum absolute atomic E-state index is 11.0. The molecule has 0 aliphatic carbocycles. The van der Waals surface area contributed by atoms with Gasteiger partial charge in [0, 0.05) is 20.0 Å². The molecule has 0 aromatic heterocycles. The Kier molecular flexibility index (Phi) is 5.84. The second kappa shape index (κ2) is 6.16. The van der Waals surface area contributed by atoms with Crippen LogP contribution in [-0.2, 0) is 4.79 Å². The summed E-state index contributed by atoms with van der Waals surface area (Å²) in [4.78, 5) is 12.8. The first-order valence-corrected chi connectivity index (χ1v) is 4.16. The molecule has 66 valence electrons. The number of carbonyl (C=O) groups excluding carboxylic acids is 1. The molecule has 0 saturated heterocycles. The number of hydrogen-bond donors (Lipinski definition) is 1. The maximum atomic E-state index is 11.0. The molecule has 2 N–H and O–H groups in total. The van der Waals surface area contributed by atoms with Crippen molar-refractivity contribution >= 4 is 5.91 Å². The van der Waals surface area contributed by atoms with Gasteiger partial charge < -0.3 is 10.6 Å². The molecular weight excluding hydrogens is 140 g/mol. The number of carbonyl (C=O) groups is 1. The second-order valence-electron chi connectivity index (χ2n) is 2.66. The minimum Gasteiger partial charge on any atom is -0.346 e. The Morgan fingerprint density at radius 3 is 2.55 bits per heavy atom. The van der Waals surface area contributed by atoms with E-state index in [4.69, 9.17) is 5.73 Å². The summed E-state index contributed by atoms with van der Waals surface area (Å²) in [6, 6.07) is 0. The van der Waals surface area contributed by atoms with Gasteiger partial charge in [-0.15, -0.1) is 0 Å². The number of unbranched alkanes of at least 4 members (excludes halogenated alkanes) is 1. The lowest BCUT2D eigenvalue weighted by Crippen LogP contribution is -2.27. The van der Waals surface area contributed by atoms with Crippen molar-refractivity contribution in [2.24, 2.45) is 5.73 Å². The van der Waals surface area contributed by atoms with Gasteiger partial charge in [0.05, 0.1) is 0 Å². The van der Waals surface area contributed by atoms with Crippen molar-refractivity contribution in [1.82, 2.24) is 4.90 Å². The zero-order valence-electron chi connectivity index (χ0n) is 7.47. The van der Waals surface area contributed by atoms with E-state index >= 15 is 0 Å². The largest absolute Gasteiger partial charge is 0.346 e. The minimum atomic E-state index is 0.210. The molecule has 0 rings (SSSR count). The van der Waals surface area contributed by atoms with E-state index < -0.39 is 0 Å². The van der Waals surface area contributed by atoms with E-state index in [0.717, 1.165) is 19.4 Å². The summed E-state index contributed by atoms with van der Waals surface area (Å²) in [5.74, 6) is 0.210. The number of nitrogens with two attached hydrogens (primary N) is 1. The van der Waals surface area contributed by atoms with Crippen LogP contribution >= 0.6 is 0 Å². The van der Waals surface area contributed by atoms with Crippen LogP contribution in [0.1, 0.15) is 26.2 Å². The predicted molar refractivity (Wildman–Crippen MR) is 46.2 cm³/mol. The van der Waals surface area contributed by atoms with Crippen LogP contribution in [0.5, 0.6) is 0 Å². The second-order valence-corrected chi connectivity index (χ2v) is 2.66. The highest BCUT2D eigenvalue weighted by Crippen LogP contribution is 1.93. The van der Waals surface area contributed by atoms with E-state index in [1.54, 1.807) is 4.90 Å². The van der Waals surface area contributed by atoms with Crippen LogP contribution in [0.15, 0.2) is 0 Å².